The molecule has 1 heterocycles. The summed E-state index contributed by atoms with van der Waals surface area (Å²) in [4.78, 5) is 27.6. The van der Waals surface area contributed by atoms with Gasteiger partial charge in [0.25, 0.3) is 11.8 Å². The molecule has 3 rings (SSSR count). The summed E-state index contributed by atoms with van der Waals surface area (Å²) in [6, 6.07) is 12.9. The van der Waals surface area contributed by atoms with Gasteiger partial charge in [0.2, 0.25) is 0 Å². The van der Waals surface area contributed by atoms with E-state index in [0.717, 1.165) is 28.1 Å². The molecule has 0 unspecified atom stereocenters. The number of hydrogen-bond acceptors (Lipinski definition) is 3. The second-order valence-electron chi connectivity index (χ2n) is 6.60. The quantitative estimate of drug-likeness (QED) is 0.665. The van der Waals surface area contributed by atoms with Crippen molar-refractivity contribution in [3.05, 3.63) is 59.2 Å². The maximum Gasteiger partial charge on any atom is 0.356 e. The maximum atomic E-state index is 12.6. The molecule has 0 saturated carbocycles. The Kier molecular flexibility index (Phi) is 5.02. The van der Waals surface area contributed by atoms with Gasteiger partial charge in [0.05, 0.1) is 12.1 Å². The number of rotatable bonds is 3. The first-order chi connectivity index (χ1) is 12.4. The minimum absolute atomic E-state index is 0.0791. The molecule has 0 spiro atoms. The Morgan fingerprint density at radius 3 is 2.42 bits per heavy atom. The molecule has 0 fully saturated rings. The molecular formula is C20H23N4O2+. The van der Waals surface area contributed by atoms with Crippen LogP contribution in [0.15, 0.2) is 42.5 Å². The normalized spacial score (nSPS) is 16.5. The second-order valence-corrected chi connectivity index (χ2v) is 6.60. The van der Waals surface area contributed by atoms with Crippen LogP contribution >= 0.6 is 0 Å². The van der Waals surface area contributed by atoms with Gasteiger partial charge in [-0.15, -0.1) is 0 Å². The van der Waals surface area contributed by atoms with E-state index in [1.54, 1.807) is 0 Å². The van der Waals surface area contributed by atoms with Gasteiger partial charge >= 0.3 is 5.96 Å². The van der Waals surface area contributed by atoms with Gasteiger partial charge in [-0.1, -0.05) is 23.8 Å². The van der Waals surface area contributed by atoms with Crippen molar-refractivity contribution in [3.63, 3.8) is 0 Å². The molecule has 2 aromatic rings. The highest BCUT2D eigenvalue weighted by atomic mass is 16.2. The highest BCUT2D eigenvalue weighted by Gasteiger charge is 2.31. The lowest BCUT2D eigenvalue weighted by Crippen LogP contribution is -2.89. The lowest BCUT2D eigenvalue weighted by molar-refractivity contribution is -0.490. The number of aryl methyl sites for hydroxylation is 3. The summed E-state index contributed by atoms with van der Waals surface area (Å²) in [5.41, 5.74) is 4.96. The fourth-order valence-corrected chi connectivity index (χ4v) is 2.69. The van der Waals surface area contributed by atoms with E-state index in [9.17, 15) is 9.59 Å². The number of nitrogens with one attached hydrogen (secondary N) is 4. The van der Waals surface area contributed by atoms with E-state index in [2.05, 4.69) is 20.9 Å². The first kappa shape index (κ1) is 17.7. The summed E-state index contributed by atoms with van der Waals surface area (Å²) in [5.74, 6) is -0.0461. The first-order valence-corrected chi connectivity index (χ1v) is 8.56. The van der Waals surface area contributed by atoms with Crippen LogP contribution in [0.2, 0.25) is 0 Å². The highest BCUT2D eigenvalue weighted by molar-refractivity contribution is 6.05. The minimum atomic E-state index is -0.640. The number of guanidine groups is 1. The molecule has 4 N–H and O–H groups in total. The summed E-state index contributed by atoms with van der Waals surface area (Å²) < 4.78 is 0. The summed E-state index contributed by atoms with van der Waals surface area (Å²) in [6.45, 7) is 6.02. The van der Waals surface area contributed by atoms with Gasteiger partial charge in [-0.3, -0.25) is 14.6 Å². The Labute approximate surface area is 152 Å². The molecule has 0 aromatic heterocycles. The van der Waals surface area contributed by atoms with E-state index in [1.165, 1.54) is 0 Å². The van der Waals surface area contributed by atoms with Crippen molar-refractivity contribution in [1.29, 1.82) is 0 Å². The Hall–Kier alpha value is -3.15. The number of carbonyl (C=O) groups is 2. The van der Waals surface area contributed by atoms with E-state index in [0.29, 0.717) is 5.96 Å². The van der Waals surface area contributed by atoms with Crippen LogP contribution in [0.4, 0.5) is 11.4 Å². The van der Waals surface area contributed by atoms with Gasteiger partial charge in [-0.05, 0) is 56.2 Å². The fraction of sp³-hybridized carbons (Fsp3) is 0.250. The molecule has 1 aliphatic heterocycles. The van der Waals surface area contributed by atoms with Crippen molar-refractivity contribution in [2.75, 3.05) is 10.6 Å². The topological polar surface area (TPSA) is 84.2 Å². The third-order valence-electron chi connectivity index (χ3n) is 4.38. The predicted octanol–water partition coefficient (Wildman–Crippen LogP) is 0.988. The van der Waals surface area contributed by atoms with E-state index in [-0.39, 0.29) is 18.2 Å². The van der Waals surface area contributed by atoms with Gasteiger partial charge in [0, 0.05) is 5.69 Å². The zero-order valence-electron chi connectivity index (χ0n) is 15.1. The SMILES string of the molecule is Cc1ccc(NC2=[NH+][C@H](C(=O)Nc3ccc(C)c(C)c3)CC(=O)N2)cc1. The summed E-state index contributed by atoms with van der Waals surface area (Å²) in [5, 5.41) is 8.69. The number of hydrogen-bond donors (Lipinski definition) is 4. The zero-order valence-corrected chi connectivity index (χ0v) is 15.1. The fourth-order valence-electron chi connectivity index (χ4n) is 2.69. The Balaban J connectivity index is 1.73. The van der Waals surface area contributed by atoms with Crippen molar-refractivity contribution >= 4 is 29.1 Å². The second kappa shape index (κ2) is 7.39. The van der Waals surface area contributed by atoms with Crippen molar-refractivity contribution in [2.24, 2.45) is 0 Å². The molecule has 6 nitrogen and oxygen atoms in total. The van der Waals surface area contributed by atoms with Crippen LogP contribution in [-0.4, -0.2) is 23.8 Å². The van der Waals surface area contributed by atoms with E-state index >= 15 is 0 Å². The lowest BCUT2D eigenvalue weighted by Gasteiger charge is -2.17. The van der Waals surface area contributed by atoms with Gasteiger partial charge < -0.3 is 5.32 Å². The average Bonchev–Trinajstić information content (AvgIpc) is 2.60. The van der Waals surface area contributed by atoms with Crippen LogP contribution < -0.4 is 20.9 Å². The van der Waals surface area contributed by atoms with Crippen LogP contribution in [0.5, 0.6) is 0 Å². The largest absolute Gasteiger partial charge is 0.356 e. The summed E-state index contributed by atoms with van der Waals surface area (Å²) >= 11 is 0. The third kappa shape index (κ3) is 4.27. The molecule has 1 aliphatic rings. The minimum Gasteiger partial charge on any atom is -0.323 e. The monoisotopic (exact) mass is 351 g/mol. The Bertz CT molecular complexity index is 872. The molecule has 26 heavy (non-hydrogen) atoms. The van der Waals surface area contributed by atoms with Crippen LogP contribution in [0.1, 0.15) is 23.1 Å². The smallest absolute Gasteiger partial charge is 0.323 e. The number of anilines is 2. The van der Waals surface area contributed by atoms with Gasteiger partial charge in [-0.2, -0.15) is 0 Å². The molecule has 2 amide bonds. The van der Waals surface area contributed by atoms with Crippen LogP contribution in [0.3, 0.4) is 0 Å². The molecule has 0 saturated heterocycles. The zero-order chi connectivity index (χ0) is 18.7. The van der Waals surface area contributed by atoms with Gasteiger partial charge in [0.15, 0.2) is 6.04 Å². The van der Waals surface area contributed by atoms with Crippen molar-refractivity contribution in [1.82, 2.24) is 5.32 Å². The van der Waals surface area contributed by atoms with E-state index in [4.69, 9.17) is 0 Å². The molecule has 0 radical (unpaired) electrons. The molecule has 0 bridgehead atoms. The highest BCUT2D eigenvalue weighted by Crippen LogP contribution is 2.14. The van der Waals surface area contributed by atoms with Crippen LogP contribution in [0, 0.1) is 20.8 Å². The van der Waals surface area contributed by atoms with Crippen LogP contribution in [-0.2, 0) is 9.59 Å². The third-order valence-corrected chi connectivity index (χ3v) is 4.38. The predicted molar refractivity (Wildman–Crippen MR) is 102 cm³/mol. The molecule has 6 heteroatoms. The first-order valence-electron chi connectivity index (χ1n) is 8.56. The number of benzene rings is 2. The van der Waals surface area contributed by atoms with Crippen molar-refractivity contribution in [3.8, 4) is 0 Å². The van der Waals surface area contributed by atoms with E-state index in [1.807, 2.05) is 63.2 Å². The Morgan fingerprint density at radius 1 is 1.04 bits per heavy atom. The van der Waals surface area contributed by atoms with Crippen molar-refractivity contribution < 1.29 is 14.6 Å². The van der Waals surface area contributed by atoms with Crippen molar-refractivity contribution in [2.45, 2.75) is 33.2 Å². The summed E-state index contributed by atoms with van der Waals surface area (Å²) in [6.07, 6.45) is 0.0791. The number of amides is 2. The molecule has 0 aliphatic carbocycles. The Morgan fingerprint density at radius 2 is 1.73 bits per heavy atom. The summed E-state index contributed by atoms with van der Waals surface area (Å²) in [7, 11) is 0. The average molecular weight is 351 g/mol. The number of carbonyl (C=O) groups excluding carboxylic acids is 2. The van der Waals surface area contributed by atoms with Crippen LogP contribution in [0.25, 0.3) is 0 Å². The van der Waals surface area contributed by atoms with Gasteiger partial charge in [0.1, 0.15) is 0 Å². The molecule has 1 atom stereocenters. The lowest BCUT2D eigenvalue weighted by atomic mass is 10.1. The van der Waals surface area contributed by atoms with Gasteiger partial charge in [-0.25, -0.2) is 10.6 Å². The molecule has 2 aromatic carbocycles. The molecular weight excluding hydrogens is 328 g/mol. The molecule has 134 valence electrons. The standard InChI is InChI=1S/C20H22N4O2/c1-12-4-7-15(8-5-12)22-20-23-17(11-18(25)24-20)19(26)21-16-9-6-13(2)14(3)10-16/h4-10,17H,11H2,1-3H3,(H,21,26)(H2,22,23,24,25)/p+1/t17-/m0/s1. The maximum absolute atomic E-state index is 12.6. The van der Waals surface area contributed by atoms with E-state index < -0.39 is 6.04 Å².